The van der Waals surface area contributed by atoms with Gasteiger partial charge < -0.3 is 16.4 Å². The molecule has 0 radical (unpaired) electrons. The number of anilines is 2. The first-order chi connectivity index (χ1) is 8.56. The van der Waals surface area contributed by atoms with Gasteiger partial charge in [-0.15, -0.1) is 0 Å². The van der Waals surface area contributed by atoms with Crippen LogP contribution in [-0.4, -0.2) is 28.4 Å². The summed E-state index contributed by atoms with van der Waals surface area (Å²) in [6, 6.07) is 2.62. The molecule has 0 spiro atoms. The Morgan fingerprint density at radius 3 is 2.94 bits per heavy atom. The minimum Gasteiger partial charge on any atom is -0.384 e. The zero-order valence-electron chi connectivity index (χ0n) is 9.55. The number of nitrogens with one attached hydrogen (secondary N) is 2. The third-order valence-corrected chi connectivity index (χ3v) is 2.70. The van der Waals surface area contributed by atoms with Crippen molar-refractivity contribution in [2.24, 2.45) is 0 Å². The number of pyridine rings is 1. The highest BCUT2D eigenvalue weighted by atomic mass is 16.6. The van der Waals surface area contributed by atoms with Crippen LogP contribution in [0.15, 0.2) is 12.1 Å². The number of nitrogen functional groups attached to an aromatic ring is 1. The number of carbonyl (C=O) groups is 1. The molecule has 2 heterocycles. The van der Waals surface area contributed by atoms with E-state index in [0.29, 0.717) is 19.4 Å². The Balaban J connectivity index is 2.15. The summed E-state index contributed by atoms with van der Waals surface area (Å²) in [5.74, 6) is 0.340. The summed E-state index contributed by atoms with van der Waals surface area (Å²) < 4.78 is 0. The average molecular weight is 251 g/mol. The van der Waals surface area contributed by atoms with Crippen LogP contribution in [0.4, 0.5) is 17.3 Å². The zero-order valence-corrected chi connectivity index (χ0v) is 9.55. The molecule has 0 saturated carbocycles. The molecule has 0 aromatic carbocycles. The minimum atomic E-state index is -0.518. The van der Waals surface area contributed by atoms with Gasteiger partial charge in [0.25, 0.3) is 0 Å². The van der Waals surface area contributed by atoms with E-state index in [1.165, 1.54) is 12.1 Å². The fourth-order valence-corrected chi connectivity index (χ4v) is 1.77. The number of rotatable bonds is 3. The number of nitro groups is 1. The van der Waals surface area contributed by atoms with E-state index in [1.807, 2.05) is 0 Å². The lowest BCUT2D eigenvalue weighted by atomic mass is 10.1. The molecule has 1 aliphatic rings. The largest absolute Gasteiger partial charge is 0.384 e. The lowest BCUT2D eigenvalue weighted by molar-refractivity contribution is -0.384. The summed E-state index contributed by atoms with van der Waals surface area (Å²) in [6.07, 6.45) is 1.01. The number of hydrogen-bond donors (Lipinski definition) is 3. The maximum absolute atomic E-state index is 11.0. The molecule has 1 unspecified atom stereocenters. The lowest BCUT2D eigenvalue weighted by Gasteiger charge is -2.23. The van der Waals surface area contributed by atoms with Crippen LogP contribution in [0.1, 0.15) is 12.8 Å². The molecule has 8 nitrogen and oxygen atoms in total. The van der Waals surface area contributed by atoms with Gasteiger partial charge in [-0.2, -0.15) is 0 Å². The van der Waals surface area contributed by atoms with E-state index in [4.69, 9.17) is 5.73 Å². The van der Waals surface area contributed by atoms with E-state index in [2.05, 4.69) is 15.6 Å². The molecule has 0 bridgehead atoms. The van der Waals surface area contributed by atoms with Crippen molar-refractivity contribution < 1.29 is 9.72 Å². The summed E-state index contributed by atoms with van der Waals surface area (Å²) in [5.41, 5.74) is 5.39. The van der Waals surface area contributed by atoms with Crippen molar-refractivity contribution in [3.63, 3.8) is 0 Å². The normalized spacial score (nSPS) is 19.1. The Hall–Kier alpha value is -2.38. The maximum atomic E-state index is 11.0. The van der Waals surface area contributed by atoms with Crippen LogP contribution in [-0.2, 0) is 4.79 Å². The van der Waals surface area contributed by atoms with Gasteiger partial charge in [0.05, 0.1) is 4.92 Å². The fraction of sp³-hybridized carbons (Fsp3) is 0.400. The van der Waals surface area contributed by atoms with Gasteiger partial charge in [-0.3, -0.25) is 14.9 Å². The molecular weight excluding hydrogens is 238 g/mol. The first-order valence-electron chi connectivity index (χ1n) is 5.50. The Morgan fingerprint density at radius 2 is 2.33 bits per heavy atom. The van der Waals surface area contributed by atoms with Crippen molar-refractivity contribution in [3.8, 4) is 0 Å². The highest BCUT2D eigenvalue weighted by Crippen LogP contribution is 2.24. The van der Waals surface area contributed by atoms with Crippen molar-refractivity contribution in [2.75, 3.05) is 17.6 Å². The molecular formula is C10H13N5O3. The molecule has 8 heteroatoms. The van der Waals surface area contributed by atoms with Gasteiger partial charge in [0.1, 0.15) is 5.82 Å². The predicted octanol–water partition coefficient (Wildman–Crippen LogP) is 0.262. The van der Waals surface area contributed by atoms with Crippen LogP contribution in [0.25, 0.3) is 0 Å². The van der Waals surface area contributed by atoms with E-state index in [9.17, 15) is 14.9 Å². The third kappa shape index (κ3) is 2.65. The standard InChI is InChI=1S/C10H13N5O3/c11-8-3-2-7(15(17)18)10(14-8)13-6-1-4-9(16)12-5-6/h2-3,6H,1,4-5H2,(H,12,16)(H3,11,13,14). The van der Waals surface area contributed by atoms with Crippen molar-refractivity contribution in [1.29, 1.82) is 0 Å². The van der Waals surface area contributed by atoms with Gasteiger partial charge in [-0.05, 0) is 12.5 Å². The molecule has 1 fully saturated rings. The van der Waals surface area contributed by atoms with Crippen LogP contribution < -0.4 is 16.4 Å². The maximum Gasteiger partial charge on any atom is 0.311 e. The van der Waals surface area contributed by atoms with Crippen LogP contribution in [0.3, 0.4) is 0 Å². The Bertz CT molecular complexity index is 480. The Labute approximate surface area is 103 Å². The second-order valence-electron chi connectivity index (χ2n) is 4.04. The Morgan fingerprint density at radius 1 is 1.56 bits per heavy atom. The van der Waals surface area contributed by atoms with E-state index < -0.39 is 4.92 Å². The molecule has 4 N–H and O–H groups in total. The second kappa shape index (κ2) is 4.86. The molecule has 0 aliphatic carbocycles. The molecule has 1 aromatic rings. The average Bonchev–Trinajstić information content (AvgIpc) is 2.32. The van der Waals surface area contributed by atoms with Crippen molar-refractivity contribution in [2.45, 2.75) is 18.9 Å². The lowest BCUT2D eigenvalue weighted by Crippen LogP contribution is -2.42. The highest BCUT2D eigenvalue weighted by molar-refractivity contribution is 5.77. The number of amides is 1. The molecule has 1 aromatic heterocycles. The van der Waals surface area contributed by atoms with Crippen LogP contribution >= 0.6 is 0 Å². The SMILES string of the molecule is Nc1ccc([N+](=O)[O-])c(NC2CCC(=O)NC2)n1. The molecule has 1 aliphatic heterocycles. The van der Waals surface area contributed by atoms with Crippen LogP contribution in [0.5, 0.6) is 0 Å². The fourth-order valence-electron chi connectivity index (χ4n) is 1.77. The predicted molar refractivity (Wildman–Crippen MR) is 65.0 cm³/mol. The summed E-state index contributed by atoms with van der Waals surface area (Å²) in [5, 5.41) is 16.5. The first-order valence-corrected chi connectivity index (χ1v) is 5.50. The van der Waals surface area contributed by atoms with E-state index in [-0.39, 0.29) is 29.3 Å². The number of carbonyl (C=O) groups excluding carboxylic acids is 1. The monoisotopic (exact) mass is 251 g/mol. The molecule has 18 heavy (non-hydrogen) atoms. The first kappa shape index (κ1) is 12.1. The summed E-state index contributed by atoms with van der Waals surface area (Å²) in [6.45, 7) is 0.423. The molecule has 96 valence electrons. The quantitative estimate of drug-likeness (QED) is 0.523. The summed E-state index contributed by atoms with van der Waals surface area (Å²) in [7, 11) is 0. The van der Waals surface area contributed by atoms with Crippen LogP contribution in [0.2, 0.25) is 0 Å². The second-order valence-corrected chi connectivity index (χ2v) is 4.04. The third-order valence-electron chi connectivity index (χ3n) is 2.70. The van der Waals surface area contributed by atoms with Gasteiger partial charge in [-0.25, -0.2) is 4.98 Å². The Kier molecular flexibility index (Phi) is 3.26. The minimum absolute atomic E-state index is 0.0110. The van der Waals surface area contributed by atoms with Crippen molar-refractivity contribution in [3.05, 3.63) is 22.2 Å². The number of aromatic nitrogens is 1. The smallest absolute Gasteiger partial charge is 0.311 e. The zero-order chi connectivity index (χ0) is 13.1. The van der Waals surface area contributed by atoms with Crippen molar-refractivity contribution >= 4 is 23.2 Å². The number of nitrogens with two attached hydrogens (primary N) is 1. The van der Waals surface area contributed by atoms with E-state index in [0.717, 1.165) is 0 Å². The van der Waals surface area contributed by atoms with Gasteiger partial charge in [0, 0.05) is 25.1 Å². The summed E-state index contributed by atoms with van der Waals surface area (Å²) in [4.78, 5) is 25.3. The number of nitrogens with zero attached hydrogens (tertiary/aromatic N) is 2. The van der Waals surface area contributed by atoms with Gasteiger partial charge in [0.15, 0.2) is 0 Å². The van der Waals surface area contributed by atoms with Crippen molar-refractivity contribution in [1.82, 2.24) is 10.3 Å². The van der Waals surface area contributed by atoms with Crippen LogP contribution in [0, 0.1) is 10.1 Å². The molecule has 2 rings (SSSR count). The molecule has 1 atom stereocenters. The number of hydrogen-bond acceptors (Lipinski definition) is 6. The van der Waals surface area contributed by atoms with Gasteiger partial charge in [0.2, 0.25) is 11.7 Å². The molecule has 1 amide bonds. The van der Waals surface area contributed by atoms with Gasteiger partial charge in [-0.1, -0.05) is 0 Å². The molecule has 1 saturated heterocycles. The van der Waals surface area contributed by atoms with E-state index in [1.54, 1.807) is 0 Å². The highest BCUT2D eigenvalue weighted by Gasteiger charge is 2.22. The summed E-state index contributed by atoms with van der Waals surface area (Å²) >= 11 is 0. The number of piperidine rings is 1. The topological polar surface area (TPSA) is 123 Å². The van der Waals surface area contributed by atoms with Gasteiger partial charge >= 0.3 is 5.69 Å². The van der Waals surface area contributed by atoms with E-state index >= 15 is 0 Å².